The van der Waals surface area contributed by atoms with Crippen molar-refractivity contribution in [2.45, 2.75) is 32.4 Å². The predicted octanol–water partition coefficient (Wildman–Crippen LogP) is 0.732. The number of rotatable bonds is 4. The maximum atomic E-state index is 12.2. The van der Waals surface area contributed by atoms with Gasteiger partial charge in [-0.05, 0) is 38.0 Å². The molecule has 24 heavy (non-hydrogen) atoms. The summed E-state index contributed by atoms with van der Waals surface area (Å²) >= 11 is 0. The van der Waals surface area contributed by atoms with Crippen LogP contribution >= 0.6 is 0 Å². The van der Waals surface area contributed by atoms with Crippen LogP contribution in [0.2, 0.25) is 0 Å². The van der Waals surface area contributed by atoms with Crippen LogP contribution in [0.15, 0.2) is 41.3 Å². The van der Waals surface area contributed by atoms with E-state index in [9.17, 15) is 9.59 Å². The number of amides is 1. The zero-order chi connectivity index (χ0) is 16.9. The first-order valence-electron chi connectivity index (χ1n) is 8.12. The standard InChI is InChI=1S/C17H21N5O2/c1-13-7-8-17(24)22(20-13)12-16(23)19-14-5-4-10-21(11-14)15-6-2-3-9-18-15/h2-3,6-9,14H,4-5,10-12H2,1H3,(H,19,23)/t14-/m1/s1. The van der Waals surface area contributed by atoms with Crippen LogP contribution in [0, 0.1) is 6.92 Å². The Hall–Kier alpha value is -2.70. The lowest BCUT2D eigenvalue weighted by molar-refractivity contribution is -0.122. The highest BCUT2D eigenvalue weighted by Crippen LogP contribution is 2.17. The minimum absolute atomic E-state index is 0.0498. The fraction of sp³-hybridized carbons (Fsp3) is 0.412. The Morgan fingerprint density at radius 2 is 2.21 bits per heavy atom. The summed E-state index contributed by atoms with van der Waals surface area (Å²) in [6.45, 7) is 3.39. The zero-order valence-corrected chi connectivity index (χ0v) is 13.7. The molecule has 1 fully saturated rings. The summed E-state index contributed by atoms with van der Waals surface area (Å²) in [5.74, 6) is 0.732. The van der Waals surface area contributed by atoms with Gasteiger partial charge in [0.25, 0.3) is 5.56 Å². The number of aryl methyl sites for hydroxylation is 1. The van der Waals surface area contributed by atoms with E-state index in [-0.39, 0.29) is 24.1 Å². The summed E-state index contributed by atoms with van der Waals surface area (Å²) in [7, 11) is 0. The van der Waals surface area contributed by atoms with Crippen LogP contribution in [0.4, 0.5) is 5.82 Å². The van der Waals surface area contributed by atoms with Gasteiger partial charge in [0, 0.05) is 31.4 Å². The molecule has 1 amide bonds. The number of hydrogen-bond donors (Lipinski definition) is 1. The van der Waals surface area contributed by atoms with E-state index in [2.05, 4.69) is 20.3 Å². The van der Waals surface area contributed by atoms with Crippen LogP contribution in [0.5, 0.6) is 0 Å². The van der Waals surface area contributed by atoms with Gasteiger partial charge in [0.2, 0.25) is 5.91 Å². The largest absolute Gasteiger partial charge is 0.355 e. The average molecular weight is 327 g/mol. The lowest BCUT2D eigenvalue weighted by atomic mass is 10.1. The Bertz CT molecular complexity index is 759. The average Bonchev–Trinajstić information content (AvgIpc) is 2.59. The van der Waals surface area contributed by atoms with Gasteiger partial charge in [-0.3, -0.25) is 9.59 Å². The monoisotopic (exact) mass is 327 g/mol. The summed E-state index contributed by atoms with van der Waals surface area (Å²) in [6, 6.07) is 8.94. The van der Waals surface area contributed by atoms with E-state index in [4.69, 9.17) is 0 Å². The number of piperidine rings is 1. The molecule has 2 aromatic heterocycles. The third-order valence-corrected chi connectivity index (χ3v) is 4.05. The number of anilines is 1. The number of nitrogens with zero attached hydrogens (tertiary/aromatic N) is 4. The Balaban J connectivity index is 1.60. The molecule has 1 saturated heterocycles. The molecular weight excluding hydrogens is 306 g/mol. The molecule has 0 aromatic carbocycles. The highest BCUT2D eigenvalue weighted by Gasteiger charge is 2.22. The molecule has 0 radical (unpaired) electrons. The zero-order valence-electron chi connectivity index (χ0n) is 13.7. The fourth-order valence-corrected chi connectivity index (χ4v) is 2.92. The Morgan fingerprint density at radius 3 is 3.00 bits per heavy atom. The number of aromatic nitrogens is 3. The second-order valence-electron chi connectivity index (χ2n) is 6.01. The van der Waals surface area contributed by atoms with Gasteiger partial charge in [-0.15, -0.1) is 0 Å². The Labute approximate surface area is 140 Å². The van der Waals surface area contributed by atoms with Crippen molar-refractivity contribution in [2.24, 2.45) is 0 Å². The van der Waals surface area contributed by atoms with Crippen molar-refractivity contribution < 1.29 is 4.79 Å². The summed E-state index contributed by atoms with van der Waals surface area (Å²) in [5, 5.41) is 7.10. The van der Waals surface area contributed by atoms with Gasteiger partial charge in [0.1, 0.15) is 12.4 Å². The first-order valence-corrected chi connectivity index (χ1v) is 8.12. The van der Waals surface area contributed by atoms with E-state index in [1.807, 2.05) is 18.2 Å². The lowest BCUT2D eigenvalue weighted by Crippen LogP contribution is -2.49. The Kier molecular flexibility index (Phi) is 4.88. The van der Waals surface area contributed by atoms with Crippen molar-refractivity contribution in [3.8, 4) is 0 Å². The number of nitrogens with one attached hydrogen (secondary N) is 1. The van der Waals surface area contributed by atoms with Gasteiger partial charge in [-0.25, -0.2) is 9.67 Å². The number of carbonyl (C=O) groups is 1. The Morgan fingerprint density at radius 1 is 1.33 bits per heavy atom. The summed E-state index contributed by atoms with van der Waals surface area (Å²) in [4.78, 5) is 30.5. The molecule has 7 heteroatoms. The van der Waals surface area contributed by atoms with Crippen LogP contribution in [0.3, 0.4) is 0 Å². The van der Waals surface area contributed by atoms with Gasteiger partial charge in [0.15, 0.2) is 0 Å². The van der Waals surface area contributed by atoms with Crippen molar-refractivity contribution in [2.75, 3.05) is 18.0 Å². The first-order chi connectivity index (χ1) is 11.6. The maximum Gasteiger partial charge on any atom is 0.267 e. The minimum atomic E-state index is -0.269. The molecule has 0 spiro atoms. The number of carbonyl (C=O) groups excluding carboxylic acids is 1. The van der Waals surface area contributed by atoms with Gasteiger partial charge >= 0.3 is 0 Å². The minimum Gasteiger partial charge on any atom is -0.355 e. The SMILES string of the molecule is Cc1ccc(=O)n(CC(=O)N[C@@H]2CCCN(c3ccccn3)C2)n1. The molecular formula is C17H21N5O2. The third-order valence-electron chi connectivity index (χ3n) is 4.05. The quantitative estimate of drug-likeness (QED) is 0.895. The van der Waals surface area contributed by atoms with Crippen molar-refractivity contribution in [3.63, 3.8) is 0 Å². The lowest BCUT2D eigenvalue weighted by Gasteiger charge is -2.33. The molecule has 3 rings (SSSR count). The predicted molar refractivity (Wildman–Crippen MR) is 90.8 cm³/mol. The van der Waals surface area contributed by atoms with Crippen molar-refractivity contribution >= 4 is 11.7 Å². The molecule has 0 unspecified atom stereocenters. The van der Waals surface area contributed by atoms with Gasteiger partial charge in [-0.2, -0.15) is 5.10 Å². The first kappa shape index (κ1) is 16.2. The molecule has 2 aromatic rings. The maximum absolute atomic E-state index is 12.2. The molecule has 126 valence electrons. The van der Waals surface area contributed by atoms with Crippen LogP contribution in [-0.2, 0) is 11.3 Å². The molecule has 0 bridgehead atoms. The van der Waals surface area contributed by atoms with E-state index < -0.39 is 0 Å². The topological polar surface area (TPSA) is 80.1 Å². The fourth-order valence-electron chi connectivity index (χ4n) is 2.92. The van der Waals surface area contributed by atoms with Crippen LogP contribution < -0.4 is 15.8 Å². The summed E-state index contributed by atoms with van der Waals surface area (Å²) in [5.41, 5.74) is 0.441. The number of hydrogen-bond acceptors (Lipinski definition) is 5. The molecule has 1 N–H and O–H groups in total. The second kappa shape index (κ2) is 7.25. The smallest absolute Gasteiger partial charge is 0.267 e. The van der Waals surface area contributed by atoms with Crippen LogP contribution in [-0.4, -0.2) is 39.8 Å². The second-order valence-corrected chi connectivity index (χ2v) is 6.01. The highest BCUT2D eigenvalue weighted by atomic mass is 16.2. The number of pyridine rings is 1. The molecule has 1 aliphatic heterocycles. The van der Waals surface area contributed by atoms with E-state index in [0.29, 0.717) is 5.69 Å². The molecule has 3 heterocycles. The molecule has 0 aliphatic carbocycles. The molecule has 0 saturated carbocycles. The van der Waals surface area contributed by atoms with Crippen molar-refractivity contribution in [1.29, 1.82) is 0 Å². The molecule has 1 atom stereocenters. The van der Waals surface area contributed by atoms with Crippen LogP contribution in [0.1, 0.15) is 18.5 Å². The third kappa shape index (κ3) is 3.98. The molecule has 7 nitrogen and oxygen atoms in total. The van der Waals surface area contributed by atoms with E-state index in [0.717, 1.165) is 31.7 Å². The van der Waals surface area contributed by atoms with E-state index in [1.54, 1.807) is 19.2 Å². The van der Waals surface area contributed by atoms with E-state index >= 15 is 0 Å². The molecule has 1 aliphatic rings. The highest BCUT2D eigenvalue weighted by molar-refractivity contribution is 5.76. The summed E-state index contributed by atoms with van der Waals surface area (Å²) < 4.78 is 1.20. The summed E-state index contributed by atoms with van der Waals surface area (Å²) in [6.07, 6.45) is 3.68. The van der Waals surface area contributed by atoms with E-state index in [1.165, 1.54) is 10.7 Å². The van der Waals surface area contributed by atoms with Gasteiger partial charge < -0.3 is 10.2 Å². The van der Waals surface area contributed by atoms with Crippen molar-refractivity contribution in [1.82, 2.24) is 20.1 Å². The normalized spacial score (nSPS) is 17.5. The van der Waals surface area contributed by atoms with Crippen LogP contribution in [0.25, 0.3) is 0 Å². The van der Waals surface area contributed by atoms with Crippen molar-refractivity contribution in [3.05, 3.63) is 52.6 Å². The van der Waals surface area contributed by atoms with Gasteiger partial charge in [-0.1, -0.05) is 6.07 Å². The van der Waals surface area contributed by atoms with Gasteiger partial charge in [0.05, 0.1) is 5.69 Å².